The van der Waals surface area contributed by atoms with Crippen molar-refractivity contribution in [1.82, 2.24) is 19.9 Å². The Balaban J connectivity index is 0.00000156. The van der Waals surface area contributed by atoms with Crippen molar-refractivity contribution < 1.29 is 0 Å². The van der Waals surface area contributed by atoms with Crippen LogP contribution in [0.2, 0.25) is 0 Å². The number of halogens is 1. The van der Waals surface area contributed by atoms with Crippen molar-refractivity contribution in [3.05, 3.63) is 28.8 Å². The Morgan fingerprint density at radius 3 is 2.70 bits per heavy atom. The monoisotopic (exact) mass is 368 g/mol. The standard InChI is InChI=1S/C14H16N6S2.ClH/c15-14-16-7-10(22-14)8-19-2-4-20(5-3-19)12-11-1-6-21-13(11)18-9-17-12;/h1,6-7,9H,2-5,8H2,(H2,15,16);1H. The molecule has 4 heterocycles. The second-order valence-corrected chi connectivity index (χ2v) is 7.31. The lowest BCUT2D eigenvalue weighted by atomic mass is 10.2. The van der Waals surface area contributed by atoms with Crippen LogP contribution in [0.4, 0.5) is 10.9 Å². The average molecular weight is 369 g/mol. The van der Waals surface area contributed by atoms with E-state index in [0.29, 0.717) is 5.13 Å². The highest BCUT2D eigenvalue weighted by Crippen LogP contribution is 2.27. The highest BCUT2D eigenvalue weighted by Gasteiger charge is 2.20. The molecule has 23 heavy (non-hydrogen) atoms. The van der Waals surface area contributed by atoms with E-state index in [9.17, 15) is 0 Å². The highest BCUT2D eigenvalue weighted by atomic mass is 35.5. The van der Waals surface area contributed by atoms with Crippen molar-refractivity contribution in [3.63, 3.8) is 0 Å². The summed E-state index contributed by atoms with van der Waals surface area (Å²) in [5.41, 5.74) is 5.69. The maximum atomic E-state index is 5.69. The van der Waals surface area contributed by atoms with Crippen LogP contribution in [0.5, 0.6) is 0 Å². The molecule has 1 fully saturated rings. The fraction of sp³-hybridized carbons (Fsp3) is 0.357. The average Bonchev–Trinajstić information content (AvgIpc) is 3.16. The molecule has 3 aromatic rings. The molecule has 4 rings (SSSR count). The molecular formula is C14H17ClN6S2. The highest BCUT2D eigenvalue weighted by molar-refractivity contribution is 7.16. The molecule has 1 saturated heterocycles. The summed E-state index contributed by atoms with van der Waals surface area (Å²) in [6.07, 6.45) is 3.55. The van der Waals surface area contributed by atoms with Gasteiger partial charge >= 0.3 is 0 Å². The van der Waals surface area contributed by atoms with Gasteiger partial charge in [0.1, 0.15) is 17.0 Å². The molecule has 1 aliphatic heterocycles. The molecule has 0 atom stereocenters. The minimum absolute atomic E-state index is 0. The molecule has 0 amide bonds. The first-order valence-corrected chi connectivity index (χ1v) is 8.85. The Morgan fingerprint density at radius 2 is 1.96 bits per heavy atom. The van der Waals surface area contributed by atoms with Gasteiger partial charge in [-0.05, 0) is 11.4 Å². The third-order valence-electron chi connectivity index (χ3n) is 3.86. The van der Waals surface area contributed by atoms with Gasteiger partial charge in [-0.3, -0.25) is 4.90 Å². The Bertz CT molecular complexity index is 780. The van der Waals surface area contributed by atoms with Gasteiger partial charge in [0.25, 0.3) is 0 Å². The molecule has 1 aliphatic rings. The first-order chi connectivity index (χ1) is 10.8. The molecule has 122 valence electrons. The molecule has 0 unspecified atom stereocenters. The number of rotatable bonds is 3. The number of thiazole rings is 1. The molecule has 0 saturated carbocycles. The van der Waals surface area contributed by atoms with E-state index >= 15 is 0 Å². The van der Waals surface area contributed by atoms with Gasteiger partial charge in [-0.25, -0.2) is 15.0 Å². The molecule has 3 aromatic heterocycles. The van der Waals surface area contributed by atoms with E-state index in [2.05, 4.69) is 36.2 Å². The van der Waals surface area contributed by atoms with Crippen LogP contribution in [0.25, 0.3) is 10.2 Å². The third-order valence-corrected chi connectivity index (χ3v) is 5.50. The van der Waals surface area contributed by atoms with Crippen molar-refractivity contribution in [2.24, 2.45) is 0 Å². The van der Waals surface area contributed by atoms with Crippen LogP contribution in [0, 0.1) is 0 Å². The van der Waals surface area contributed by atoms with Gasteiger partial charge in [0.05, 0.1) is 5.39 Å². The fourth-order valence-corrected chi connectivity index (χ4v) is 4.22. The topological polar surface area (TPSA) is 71.2 Å². The van der Waals surface area contributed by atoms with Gasteiger partial charge in [-0.2, -0.15) is 0 Å². The second-order valence-electron chi connectivity index (χ2n) is 5.26. The lowest BCUT2D eigenvalue weighted by molar-refractivity contribution is 0.251. The number of fused-ring (bicyclic) bond motifs is 1. The Labute approximate surface area is 148 Å². The molecule has 0 spiro atoms. The van der Waals surface area contributed by atoms with E-state index in [1.54, 1.807) is 29.0 Å². The third kappa shape index (κ3) is 3.40. The number of piperazine rings is 1. The molecule has 9 heteroatoms. The van der Waals surface area contributed by atoms with Crippen LogP contribution in [-0.4, -0.2) is 46.0 Å². The zero-order valence-electron chi connectivity index (χ0n) is 12.4. The summed E-state index contributed by atoms with van der Waals surface area (Å²) in [6.45, 7) is 4.94. The van der Waals surface area contributed by atoms with E-state index in [1.807, 2.05) is 6.20 Å². The lowest BCUT2D eigenvalue weighted by Gasteiger charge is -2.35. The first kappa shape index (κ1) is 16.4. The zero-order chi connectivity index (χ0) is 14.9. The van der Waals surface area contributed by atoms with Gasteiger partial charge < -0.3 is 10.6 Å². The molecular weight excluding hydrogens is 352 g/mol. The predicted octanol–water partition coefficient (Wildman–Crippen LogP) is 2.47. The Morgan fingerprint density at radius 1 is 1.13 bits per heavy atom. The smallest absolute Gasteiger partial charge is 0.180 e. The summed E-state index contributed by atoms with van der Waals surface area (Å²) in [6, 6.07) is 2.11. The van der Waals surface area contributed by atoms with Crippen molar-refractivity contribution in [2.75, 3.05) is 36.8 Å². The van der Waals surface area contributed by atoms with Gasteiger partial charge in [0.2, 0.25) is 0 Å². The number of aromatic nitrogens is 3. The van der Waals surface area contributed by atoms with E-state index in [4.69, 9.17) is 5.73 Å². The van der Waals surface area contributed by atoms with Crippen LogP contribution < -0.4 is 10.6 Å². The van der Waals surface area contributed by atoms with Crippen LogP contribution in [0.1, 0.15) is 4.88 Å². The summed E-state index contributed by atoms with van der Waals surface area (Å²) in [5, 5.41) is 3.89. The fourth-order valence-electron chi connectivity index (χ4n) is 2.76. The van der Waals surface area contributed by atoms with Crippen molar-refractivity contribution in [1.29, 1.82) is 0 Å². The largest absolute Gasteiger partial charge is 0.375 e. The van der Waals surface area contributed by atoms with Crippen molar-refractivity contribution in [2.45, 2.75) is 6.54 Å². The number of nitrogens with two attached hydrogens (primary N) is 1. The number of nitrogen functional groups attached to an aromatic ring is 1. The summed E-state index contributed by atoms with van der Waals surface area (Å²) < 4.78 is 0. The molecule has 0 bridgehead atoms. The van der Waals surface area contributed by atoms with Crippen LogP contribution in [-0.2, 0) is 6.54 Å². The van der Waals surface area contributed by atoms with Gasteiger partial charge in [-0.1, -0.05) is 0 Å². The van der Waals surface area contributed by atoms with Crippen molar-refractivity contribution >= 4 is 56.2 Å². The number of anilines is 2. The predicted molar refractivity (Wildman–Crippen MR) is 98.7 cm³/mol. The molecule has 0 aromatic carbocycles. The summed E-state index contributed by atoms with van der Waals surface area (Å²) >= 11 is 3.24. The Hall–Kier alpha value is -1.48. The second kappa shape index (κ2) is 6.96. The van der Waals surface area contributed by atoms with E-state index < -0.39 is 0 Å². The molecule has 0 radical (unpaired) electrons. The number of hydrogen-bond donors (Lipinski definition) is 1. The molecule has 0 aliphatic carbocycles. The SMILES string of the molecule is Cl.Nc1ncc(CN2CCN(c3ncnc4sccc34)CC2)s1. The maximum Gasteiger partial charge on any atom is 0.180 e. The van der Waals surface area contributed by atoms with Crippen molar-refractivity contribution in [3.8, 4) is 0 Å². The first-order valence-electron chi connectivity index (χ1n) is 7.15. The zero-order valence-corrected chi connectivity index (χ0v) is 14.8. The van der Waals surface area contributed by atoms with Gasteiger partial charge in [0.15, 0.2) is 5.13 Å². The number of thiophene rings is 1. The van der Waals surface area contributed by atoms with Gasteiger partial charge in [-0.15, -0.1) is 35.1 Å². The quantitative estimate of drug-likeness (QED) is 0.765. The molecule has 6 nitrogen and oxygen atoms in total. The van der Waals surface area contributed by atoms with E-state index in [1.165, 1.54) is 4.88 Å². The number of hydrogen-bond acceptors (Lipinski definition) is 8. The Kier molecular flexibility index (Phi) is 4.96. The van der Waals surface area contributed by atoms with Crippen LogP contribution in [0.3, 0.4) is 0 Å². The number of nitrogens with zero attached hydrogens (tertiary/aromatic N) is 5. The summed E-state index contributed by atoms with van der Waals surface area (Å²) in [4.78, 5) is 20.0. The lowest BCUT2D eigenvalue weighted by Crippen LogP contribution is -2.46. The van der Waals surface area contributed by atoms with Crippen LogP contribution in [0.15, 0.2) is 24.0 Å². The minimum atomic E-state index is 0. The maximum absolute atomic E-state index is 5.69. The van der Waals surface area contributed by atoms with Gasteiger partial charge in [0, 0.05) is 43.8 Å². The molecule has 2 N–H and O–H groups in total. The summed E-state index contributed by atoms with van der Waals surface area (Å²) in [5.74, 6) is 1.06. The normalized spacial score (nSPS) is 15.7. The minimum Gasteiger partial charge on any atom is -0.375 e. The summed E-state index contributed by atoms with van der Waals surface area (Å²) in [7, 11) is 0. The van der Waals surface area contributed by atoms with E-state index in [-0.39, 0.29) is 12.4 Å². The van der Waals surface area contributed by atoms with Crippen LogP contribution >= 0.6 is 35.1 Å². The van der Waals surface area contributed by atoms with E-state index in [0.717, 1.165) is 48.8 Å².